The Morgan fingerprint density at radius 2 is 1.60 bits per heavy atom. The van der Waals surface area contributed by atoms with Crippen LogP contribution in [0.4, 0.5) is 0 Å². The van der Waals surface area contributed by atoms with Crippen molar-refractivity contribution in [2.24, 2.45) is 5.73 Å². The van der Waals surface area contributed by atoms with Gasteiger partial charge in [0.05, 0.1) is 24.7 Å². The minimum atomic E-state index is -0.760. The first-order valence-corrected chi connectivity index (χ1v) is 8.26. The van der Waals surface area contributed by atoms with Gasteiger partial charge in [-0.2, -0.15) is 0 Å². The topological polar surface area (TPSA) is 87.9 Å². The molecule has 0 radical (unpaired) electrons. The summed E-state index contributed by atoms with van der Waals surface area (Å²) < 4.78 is 15.7. The van der Waals surface area contributed by atoms with Crippen LogP contribution in [-0.2, 0) is 23.8 Å². The number of hydrogen-bond donors (Lipinski definition) is 1. The van der Waals surface area contributed by atoms with Crippen LogP contribution in [0.25, 0.3) is 0 Å². The van der Waals surface area contributed by atoms with E-state index in [1.165, 1.54) is 0 Å². The van der Waals surface area contributed by atoms with E-state index in [0.717, 1.165) is 0 Å². The Hall–Kier alpha value is -2.47. The number of carbonyl (C=O) groups is 2. The van der Waals surface area contributed by atoms with Gasteiger partial charge in [0.25, 0.3) is 0 Å². The average molecular weight is 366 g/mol. The normalized spacial score (nSPS) is 17.2. The highest BCUT2D eigenvalue weighted by atomic mass is 35.5. The SMILES string of the molecule is CCOC(=O)C1=C(C)OC(N)=C(C(=O)OCC)C1c1ccc(Cl)cc1. The highest BCUT2D eigenvalue weighted by Gasteiger charge is 2.39. The molecule has 1 aliphatic rings. The van der Waals surface area contributed by atoms with E-state index in [2.05, 4.69) is 0 Å². The molecule has 1 heterocycles. The Bertz CT molecular complexity index is 696. The van der Waals surface area contributed by atoms with Gasteiger partial charge < -0.3 is 19.9 Å². The molecule has 1 aromatic rings. The summed E-state index contributed by atoms with van der Waals surface area (Å²) in [6.45, 7) is 5.34. The van der Waals surface area contributed by atoms with Crippen molar-refractivity contribution in [1.29, 1.82) is 0 Å². The van der Waals surface area contributed by atoms with Gasteiger partial charge >= 0.3 is 11.9 Å². The number of benzene rings is 1. The van der Waals surface area contributed by atoms with Crippen molar-refractivity contribution in [2.75, 3.05) is 13.2 Å². The second kappa shape index (κ2) is 8.07. The molecule has 0 amide bonds. The van der Waals surface area contributed by atoms with Gasteiger partial charge in [0, 0.05) is 5.02 Å². The van der Waals surface area contributed by atoms with Crippen LogP contribution in [0.15, 0.2) is 47.1 Å². The maximum absolute atomic E-state index is 12.5. The van der Waals surface area contributed by atoms with Crippen molar-refractivity contribution < 1.29 is 23.8 Å². The van der Waals surface area contributed by atoms with E-state index in [0.29, 0.717) is 10.6 Å². The van der Waals surface area contributed by atoms with E-state index < -0.39 is 17.9 Å². The van der Waals surface area contributed by atoms with Crippen LogP contribution < -0.4 is 5.73 Å². The zero-order valence-electron chi connectivity index (χ0n) is 14.3. The van der Waals surface area contributed by atoms with Gasteiger partial charge in [-0.05, 0) is 38.5 Å². The minimum Gasteiger partial charge on any atom is -0.463 e. The molecule has 25 heavy (non-hydrogen) atoms. The number of hydrogen-bond acceptors (Lipinski definition) is 6. The molecule has 0 fully saturated rings. The van der Waals surface area contributed by atoms with Crippen molar-refractivity contribution in [1.82, 2.24) is 0 Å². The first kappa shape index (κ1) is 18.9. The fraction of sp³-hybridized carbons (Fsp3) is 0.333. The maximum Gasteiger partial charge on any atom is 0.340 e. The predicted molar refractivity (Wildman–Crippen MR) is 92.5 cm³/mol. The standard InChI is InChI=1S/C18H20ClNO5/c1-4-23-17(21)13-10(3)25-16(20)15(18(22)24-5-2)14(13)11-6-8-12(19)9-7-11/h6-9,14H,4-5,20H2,1-3H3. The molecule has 1 unspecified atom stereocenters. The molecule has 0 aromatic heterocycles. The summed E-state index contributed by atoms with van der Waals surface area (Å²) in [5, 5.41) is 0.531. The molecule has 0 bridgehead atoms. The van der Waals surface area contributed by atoms with E-state index in [-0.39, 0.29) is 36.0 Å². The second-order valence-corrected chi connectivity index (χ2v) is 5.71. The average Bonchev–Trinajstić information content (AvgIpc) is 2.55. The number of ether oxygens (including phenoxy) is 3. The summed E-state index contributed by atoms with van der Waals surface area (Å²) >= 11 is 5.95. The lowest BCUT2D eigenvalue weighted by atomic mass is 9.82. The van der Waals surface area contributed by atoms with Crippen LogP contribution in [0.5, 0.6) is 0 Å². The lowest BCUT2D eigenvalue weighted by Crippen LogP contribution is -2.30. The number of halogens is 1. The highest BCUT2D eigenvalue weighted by molar-refractivity contribution is 6.30. The lowest BCUT2D eigenvalue weighted by molar-refractivity contribution is -0.140. The Kier molecular flexibility index (Phi) is 6.09. The van der Waals surface area contributed by atoms with Crippen LogP contribution >= 0.6 is 11.6 Å². The van der Waals surface area contributed by atoms with Crippen LogP contribution in [0.2, 0.25) is 5.02 Å². The molecular weight excluding hydrogens is 346 g/mol. The summed E-state index contributed by atoms with van der Waals surface area (Å²) in [4.78, 5) is 24.9. The molecule has 0 saturated carbocycles. The van der Waals surface area contributed by atoms with Crippen molar-refractivity contribution in [3.8, 4) is 0 Å². The summed E-state index contributed by atoms with van der Waals surface area (Å²) in [7, 11) is 0. The molecular formula is C18H20ClNO5. The minimum absolute atomic E-state index is 0.0674. The van der Waals surface area contributed by atoms with E-state index in [1.807, 2.05) is 0 Å². The predicted octanol–water partition coefficient (Wildman–Crippen LogP) is 3.02. The van der Waals surface area contributed by atoms with Gasteiger partial charge in [0.15, 0.2) is 0 Å². The Balaban J connectivity index is 2.61. The largest absolute Gasteiger partial charge is 0.463 e. The molecule has 0 spiro atoms. The number of nitrogens with two attached hydrogens (primary N) is 1. The first-order valence-electron chi connectivity index (χ1n) is 7.88. The van der Waals surface area contributed by atoms with Gasteiger partial charge in [-0.15, -0.1) is 0 Å². The van der Waals surface area contributed by atoms with Crippen LogP contribution in [0.3, 0.4) is 0 Å². The van der Waals surface area contributed by atoms with Crippen LogP contribution in [-0.4, -0.2) is 25.2 Å². The van der Waals surface area contributed by atoms with Gasteiger partial charge in [0.1, 0.15) is 11.3 Å². The van der Waals surface area contributed by atoms with Gasteiger partial charge in [0.2, 0.25) is 5.88 Å². The van der Waals surface area contributed by atoms with Crippen LogP contribution in [0, 0.1) is 0 Å². The first-order chi connectivity index (χ1) is 11.9. The number of rotatable bonds is 5. The van der Waals surface area contributed by atoms with E-state index in [1.54, 1.807) is 45.0 Å². The fourth-order valence-corrected chi connectivity index (χ4v) is 2.78. The third-order valence-corrected chi connectivity index (χ3v) is 3.93. The lowest BCUT2D eigenvalue weighted by Gasteiger charge is -2.28. The number of allylic oxidation sites excluding steroid dienone is 1. The third kappa shape index (κ3) is 3.96. The monoisotopic (exact) mass is 365 g/mol. The van der Waals surface area contributed by atoms with Crippen LogP contribution in [0.1, 0.15) is 32.3 Å². The van der Waals surface area contributed by atoms with Gasteiger partial charge in [-0.1, -0.05) is 23.7 Å². The molecule has 0 aliphatic carbocycles. The van der Waals surface area contributed by atoms with Gasteiger partial charge in [-0.3, -0.25) is 0 Å². The Labute approximate surface area is 151 Å². The van der Waals surface area contributed by atoms with Gasteiger partial charge in [-0.25, -0.2) is 9.59 Å². The van der Waals surface area contributed by atoms with Crippen molar-refractivity contribution in [3.63, 3.8) is 0 Å². The zero-order chi connectivity index (χ0) is 18.6. The van der Waals surface area contributed by atoms with E-state index in [4.69, 9.17) is 31.5 Å². The molecule has 1 atom stereocenters. The molecule has 1 aliphatic heterocycles. The highest BCUT2D eigenvalue weighted by Crippen LogP contribution is 2.40. The summed E-state index contributed by atoms with van der Waals surface area (Å²) in [6.07, 6.45) is 0. The van der Waals surface area contributed by atoms with Crippen molar-refractivity contribution >= 4 is 23.5 Å². The molecule has 2 N–H and O–H groups in total. The van der Waals surface area contributed by atoms with E-state index in [9.17, 15) is 9.59 Å². The smallest absolute Gasteiger partial charge is 0.340 e. The maximum atomic E-state index is 12.5. The number of esters is 2. The molecule has 1 aromatic carbocycles. The van der Waals surface area contributed by atoms with Crippen molar-refractivity contribution in [3.05, 3.63) is 57.6 Å². The summed E-state index contributed by atoms with van der Waals surface area (Å²) in [5.41, 5.74) is 6.87. The number of carbonyl (C=O) groups excluding carboxylic acids is 2. The molecule has 6 nitrogen and oxygen atoms in total. The quantitative estimate of drug-likeness (QED) is 0.807. The Morgan fingerprint density at radius 1 is 1.08 bits per heavy atom. The zero-order valence-corrected chi connectivity index (χ0v) is 15.1. The molecule has 134 valence electrons. The van der Waals surface area contributed by atoms with Crippen molar-refractivity contribution in [2.45, 2.75) is 26.7 Å². The Morgan fingerprint density at radius 3 is 2.12 bits per heavy atom. The summed E-state index contributed by atoms with van der Waals surface area (Å²) in [6, 6.07) is 6.78. The third-order valence-electron chi connectivity index (χ3n) is 3.68. The second-order valence-electron chi connectivity index (χ2n) is 5.28. The molecule has 2 rings (SSSR count). The molecule has 7 heteroatoms. The van der Waals surface area contributed by atoms with E-state index >= 15 is 0 Å². The fourth-order valence-electron chi connectivity index (χ4n) is 2.65. The summed E-state index contributed by atoms with van der Waals surface area (Å²) in [5.74, 6) is -1.79. The molecule has 0 saturated heterocycles.